The molecular formula is C13H13N5O2. The van der Waals surface area contributed by atoms with Crippen LogP contribution in [0.25, 0.3) is 10.9 Å². The third-order valence-corrected chi connectivity index (χ3v) is 3.08. The number of amides is 1. The van der Waals surface area contributed by atoms with Gasteiger partial charge in [0.05, 0.1) is 0 Å². The lowest BCUT2D eigenvalue weighted by atomic mass is 10.1. The van der Waals surface area contributed by atoms with Crippen molar-refractivity contribution in [1.82, 2.24) is 20.6 Å². The van der Waals surface area contributed by atoms with E-state index in [-0.39, 0.29) is 17.4 Å². The molecule has 0 aliphatic carbocycles. The zero-order valence-electron chi connectivity index (χ0n) is 10.6. The molecule has 1 aromatic carbocycles. The number of para-hydroxylation sites is 1. The predicted octanol–water partition coefficient (Wildman–Crippen LogP) is 1.11. The van der Waals surface area contributed by atoms with Crippen LogP contribution in [0.1, 0.15) is 16.1 Å². The highest BCUT2D eigenvalue weighted by molar-refractivity contribution is 5.96. The van der Waals surface area contributed by atoms with Gasteiger partial charge in [0.15, 0.2) is 0 Å². The summed E-state index contributed by atoms with van der Waals surface area (Å²) in [7, 11) is 0. The molecule has 0 atom stereocenters. The Morgan fingerprint density at radius 1 is 1.35 bits per heavy atom. The standard InChI is InChI=1S/C13H13N5O2/c14-12-11(17-20-18-12)13(19)15-6-5-8-7-16-10-4-2-1-3-9(8)10/h1-4,7,16H,5-6H2,(H2,14,18)(H,15,19). The van der Waals surface area contributed by atoms with E-state index in [0.29, 0.717) is 13.0 Å². The molecular weight excluding hydrogens is 258 g/mol. The quantitative estimate of drug-likeness (QED) is 0.658. The summed E-state index contributed by atoms with van der Waals surface area (Å²) < 4.78 is 4.39. The van der Waals surface area contributed by atoms with Crippen LogP contribution in [0.15, 0.2) is 35.1 Å². The minimum Gasteiger partial charge on any atom is -0.379 e. The molecule has 7 heteroatoms. The number of benzene rings is 1. The number of H-pyrrole nitrogens is 1. The first-order chi connectivity index (χ1) is 9.75. The topological polar surface area (TPSA) is 110 Å². The number of carbonyl (C=O) groups excluding carboxylic acids is 1. The number of fused-ring (bicyclic) bond motifs is 1. The monoisotopic (exact) mass is 271 g/mol. The number of rotatable bonds is 4. The summed E-state index contributed by atoms with van der Waals surface area (Å²) >= 11 is 0. The van der Waals surface area contributed by atoms with Gasteiger partial charge in [0.25, 0.3) is 5.91 Å². The first kappa shape index (κ1) is 12.2. The Hall–Kier alpha value is -2.83. The minimum absolute atomic E-state index is 0.00501. The lowest BCUT2D eigenvalue weighted by molar-refractivity contribution is 0.0945. The third kappa shape index (κ3) is 2.20. The molecule has 0 unspecified atom stereocenters. The van der Waals surface area contributed by atoms with Crippen LogP contribution >= 0.6 is 0 Å². The van der Waals surface area contributed by atoms with Crippen LogP contribution in [0.4, 0.5) is 5.82 Å². The van der Waals surface area contributed by atoms with Gasteiger partial charge in [0, 0.05) is 23.6 Å². The van der Waals surface area contributed by atoms with E-state index in [1.165, 1.54) is 0 Å². The normalized spacial score (nSPS) is 10.8. The Kier molecular flexibility index (Phi) is 3.08. The fourth-order valence-corrected chi connectivity index (χ4v) is 2.09. The number of nitrogens with two attached hydrogens (primary N) is 1. The first-order valence-electron chi connectivity index (χ1n) is 6.17. The number of hydrogen-bond donors (Lipinski definition) is 3. The van der Waals surface area contributed by atoms with Crippen LogP contribution < -0.4 is 11.1 Å². The summed E-state index contributed by atoms with van der Waals surface area (Å²) in [6.45, 7) is 0.479. The summed E-state index contributed by atoms with van der Waals surface area (Å²) in [5.41, 5.74) is 7.69. The van der Waals surface area contributed by atoms with Gasteiger partial charge in [-0.2, -0.15) is 0 Å². The lowest BCUT2D eigenvalue weighted by Gasteiger charge is -2.02. The maximum absolute atomic E-state index is 11.8. The summed E-state index contributed by atoms with van der Waals surface area (Å²) in [6.07, 6.45) is 2.66. The van der Waals surface area contributed by atoms with E-state index in [1.807, 2.05) is 30.5 Å². The molecule has 102 valence electrons. The van der Waals surface area contributed by atoms with Crippen molar-refractivity contribution < 1.29 is 9.42 Å². The van der Waals surface area contributed by atoms with Gasteiger partial charge in [-0.05, 0) is 28.4 Å². The van der Waals surface area contributed by atoms with Crippen molar-refractivity contribution in [3.8, 4) is 0 Å². The van der Waals surface area contributed by atoms with Crippen molar-refractivity contribution in [2.45, 2.75) is 6.42 Å². The average Bonchev–Trinajstić information content (AvgIpc) is 3.05. The molecule has 0 radical (unpaired) electrons. The lowest BCUT2D eigenvalue weighted by Crippen LogP contribution is -2.26. The maximum atomic E-state index is 11.8. The second-order valence-electron chi connectivity index (χ2n) is 4.36. The van der Waals surface area contributed by atoms with E-state index in [4.69, 9.17) is 5.73 Å². The van der Waals surface area contributed by atoms with Gasteiger partial charge in [-0.15, -0.1) is 0 Å². The van der Waals surface area contributed by atoms with E-state index in [2.05, 4.69) is 25.2 Å². The molecule has 0 fully saturated rings. The SMILES string of the molecule is Nc1nonc1C(=O)NCCc1c[nH]c2ccccc12. The van der Waals surface area contributed by atoms with Crippen LogP contribution in [0.2, 0.25) is 0 Å². The largest absolute Gasteiger partial charge is 0.379 e. The van der Waals surface area contributed by atoms with Crippen molar-refractivity contribution in [2.24, 2.45) is 0 Å². The van der Waals surface area contributed by atoms with Gasteiger partial charge in [-0.3, -0.25) is 4.79 Å². The van der Waals surface area contributed by atoms with Crippen molar-refractivity contribution >= 4 is 22.6 Å². The zero-order chi connectivity index (χ0) is 13.9. The molecule has 3 rings (SSSR count). The number of nitrogen functional groups attached to an aromatic ring is 1. The summed E-state index contributed by atoms with van der Waals surface area (Å²) in [4.78, 5) is 15.0. The Labute approximate surface area is 114 Å². The summed E-state index contributed by atoms with van der Waals surface area (Å²) in [5.74, 6) is -0.391. The molecule has 0 aliphatic heterocycles. The van der Waals surface area contributed by atoms with E-state index >= 15 is 0 Å². The van der Waals surface area contributed by atoms with E-state index in [1.54, 1.807) is 0 Å². The molecule has 2 heterocycles. The maximum Gasteiger partial charge on any atom is 0.277 e. The Morgan fingerprint density at radius 3 is 3.00 bits per heavy atom. The molecule has 2 aromatic heterocycles. The van der Waals surface area contributed by atoms with Gasteiger partial charge in [0.2, 0.25) is 11.5 Å². The third-order valence-electron chi connectivity index (χ3n) is 3.08. The molecule has 0 saturated heterocycles. The Morgan fingerprint density at radius 2 is 2.20 bits per heavy atom. The van der Waals surface area contributed by atoms with Crippen LogP contribution in [-0.2, 0) is 6.42 Å². The number of carbonyl (C=O) groups is 1. The molecule has 0 bridgehead atoms. The van der Waals surface area contributed by atoms with Crippen LogP contribution in [0.3, 0.4) is 0 Å². The number of aromatic amines is 1. The molecule has 7 nitrogen and oxygen atoms in total. The number of nitrogens with zero attached hydrogens (tertiary/aromatic N) is 2. The van der Waals surface area contributed by atoms with Crippen molar-refractivity contribution in [3.05, 3.63) is 41.7 Å². The van der Waals surface area contributed by atoms with Crippen molar-refractivity contribution in [1.29, 1.82) is 0 Å². The molecule has 1 amide bonds. The smallest absolute Gasteiger partial charge is 0.277 e. The molecule has 0 saturated carbocycles. The number of hydrogen-bond acceptors (Lipinski definition) is 5. The molecule has 0 spiro atoms. The second kappa shape index (κ2) is 5.04. The molecule has 3 aromatic rings. The summed E-state index contributed by atoms with van der Waals surface area (Å²) in [6, 6.07) is 8.02. The minimum atomic E-state index is -0.386. The fraction of sp³-hybridized carbons (Fsp3) is 0.154. The Balaban J connectivity index is 1.63. The van der Waals surface area contributed by atoms with Gasteiger partial charge < -0.3 is 16.0 Å². The van der Waals surface area contributed by atoms with E-state index < -0.39 is 0 Å². The number of nitrogens with one attached hydrogen (secondary N) is 2. The summed E-state index contributed by atoms with van der Waals surface area (Å²) in [5, 5.41) is 10.7. The molecule has 0 aliphatic rings. The van der Waals surface area contributed by atoms with Gasteiger partial charge in [-0.1, -0.05) is 18.2 Å². The second-order valence-corrected chi connectivity index (χ2v) is 4.36. The predicted molar refractivity (Wildman–Crippen MR) is 73.0 cm³/mol. The van der Waals surface area contributed by atoms with Crippen LogP contribution in [-0.4, -0.2) is 27.7 Å². The molecule has 20 heavy (non-hydrogen) atoms. The average molecular weight is 271 g/mol. The highest BCUT2D eigenvalue weighted by Gasteiger charge is 2.15. The van der Waals surface area contributed by atoms with E-state index in [9.17, 15) is 4.79 Å². The highest BCUT2D eigenvalue weighted by atomic mass is 16.6. The van der Waals surface area contributed by atoms with E-state index in [0.717, 1.165) is 16.5 Å². The highest BCUT2D eigenvalue weighted by Crippen LogP contribution is 2.17. The zero-order valence-corrected chi connectivity index (χ0v) is 10.6. The molecule has 4 N–H and O–H groups in total. The van der Waals surface area contributed by atoms with Gasteiger partial charge in [0.1, 0.15) is 0 Å². The van der Waals surface area contributed by atoms with Crippen molar-refractivity contribution in [2.75, 3.05) is 12.3 Å². The fourth-order valence-electron chi connectivity index (χ4n) is 2.09. The van der Waals surface area contributed by atoms with Crippen molar-refractivity contribution in [3.63, 3.8) is 0 Å². The first-order valence-corrected chi connectivity index (χ1v) is 6.17. The van der Waals surface area contributed by atoms with Gasteiger partial charge >= 0.3 is 0 Å². The number of aromatic nitrogens is 3. The van der Waals surface area contributed by atoms with Crippen LogP contribution in [0.5, 0.6) is 0 Å². The van der Waals surface area contributed by atoms with Gasteiger partial charge in [-0.25, -0.2) is 4.63 Å². The Bertz CT molecular complexity index is 746. The number of anilines is 1. The van der Waals surface area contributed by atoms with Crippen LogP contribution in [0, 0.1) is 0 Å².